The third-order valence-electron chi connectivity index (χ3n) is 4.46. The second kappa shape index (κ2) is 5.76. The van der Waals surface area contributed by atoms with E-state index in [1.54, 1.807) is 6.07 Å². The fourth-order valence-electron chi connectivity index (χ4n) is 3.31. The van der Waals surface area contributed by atoms with Crippen molar-refractivity contribution in [2.75, 3.05) is 24.2 Å². The lowest BCUT2D eigenvalue weighted by Gasteiger charge is -2.29. The second-order valence-corrected chi connectivity index (χ2v) is 6.04. The zero-order chi connectivity index (χ0) is 14.8. The van der Waals surface area contributed by atoms with Crippen LogP contribution >= 0.6 is 0 Å². The predicted octanol–water partition coefficient (Wildman–Crippen LogP) is 2.52. The Balaban J connectivity index is 1.88. The van der Waals surface area contributed by atoms with Gasteiger partial charge in [0, 0.05) is 13.6 Å². The van der Waals surface area contributed by atoms with Gasteiger partial charge in [-0.25, -0.2) is 4.98 Å². The number of benzene rings is 1. The van der Waals surface area contributed by atoms with Crippen molar-refractivity contribution in [3.63, 3.8) is 0 Å². The monoisotopic (exact) mass is 286 g/mol. The normalized spacial score (nSPS) is 16.2. The first kappa shape index (κ1) is 13.9. The molecule has 0 saturated heterocycles. The molecular formula is C16H22N4O. The highest BCUT2D eigenvalue weighted by Crippen LogP contribution is 2.29. The molecular weight excluding hydrogens is 264 g/mol. The van der Waals surface area contributed by atoms with Gasteiger partial charge in [-0.05, 0) is 30.9 Å². The van der Waals surface area contributed by atoms with E-state index in [9.17, 15) is 4.79 Å². The quantitative estimate of drug-likeness (QED) is 0.850. The Labute approximate surface area is 124 Å². The number of nitrogens with two attached hydrogens (primary N) is 1. The lowest BCUT2D eigenvalue weighted by Crippen LogP contribution is -2.27. The summed E-state index contributed by atoms with van der Waals surface area (Å²) in [6.45, 7) is 1.01. The molecule has 0 unspecified atom stereocenters. The number of rotatable bonds is 3. The molecule has 21 heavy (non-hydrogen) atoms. The van der Waals surface area contributed by atoms with Gasteiger partial charge in [-0.2, -0.15) is 0 Å². The van der Waals surface area contributed by atoms with Crippen LogP contribution in [0.3, 0.4) is 0 Å². The van der Waals surface area contributed by atoms with Gasteiger partial charge in [0.2, 0.25) is 0 Å². The van der Waals surface area contributed by atoms with Crippen molar-refractivity contribution >= 4 is 22.3 Å². The number of H-pyrrole nitrogens is 1. The highest BCUT2D eigenvalue weighted by Gasteiger charge is 2.17. The van der Waals surface area contributed by atoms with E-state index in [2.05, 4.69) is 21.9 Å². The molecule has 112 valence electrons. The SMILES string of the molecule is CN(CC1CCCCC1)c1cc2nc[nH]c(=O)c2cc1N. The molecule has 1 fully saturated rings. The lowest BCUT2D eigenvalue weighted by atomic mass is 9.89. The Kier molecular flexibility index (Phi) is 3.82. The number of hydrogen-bond donors (Lipinski definition) is 2. The Morgan fingerprint density at radius 1 is 1.33 bits per heavy atom. The Morgan fingerprint density at radius 3 is 2.86 bits per heavy atom. The maximum Gasteiger partial charge on any atom is 0.258 e. The van der Waals surface area contributed by atoms with Gasteiger partial charge >= 0.3 is 0 Å². The van der Waals surface area contributed by atoms with Crippen LogP contribution in [-0.2, 0) is 0 Å². The fraction of sp³-hybridized carbons (Fsp3) is 0.500. The van der Waals surface area contributed by atoms with Gasteiger partial charge in [0.1, 0.15) is 0 Å². The summed E-state index contributed by atoms with van der Waals surface area (Å²) in [6, 6.07) is 3.65. The number of aromatic amines is 1. The van der Waals surface area contributed by atoms with Crippen LogP contribution in [0.1, 0.15) is 32.1 Å². The van der Waals surface area contributed by atoms with Crippen LogP contribution in [0.4, 0.5) is 11.4 Å². The van der Waals surface area contributed by atoms with E-state index in [1.807, 2.05) is 6.07 Å². The van der Waals surface area contributed by atoms with Crippen molar-refractivity contribution in [3.8, 4) is 0 Å². The van der Waals surface area contributed by atoms with Gasteiger partial charge in [0.25, 0.3) is 5.56 Å². The van der Waals surface area contributed by atoms with Crippen molar-refractivity contribution in [3.05, 3.63) is 28.8 Å². The number of nitrogens with one attached hydrogen (secondary N) is 1. The molecule has 0 radical (unpaired) electrons. The largest absolute Gasteiger partial charge is 0.397 e. The number of aromatic nitrogens is 2. The molecule has 3 rings (SSSR count). The van der Waals surface area contributed by atoms with Crippen molar-refractivity contribution in [2.45, 2.75) is 32.1 Å². The molecule has 0 amide bonds. The maximum atomic E-state index is 11.8. The van der Waals surface area contributed by atoms with Crippen molar-refractivity contribution in [1.82, 2.24) is 9.97 Å². The second-order valence-electron chi connectivity index (χ2n) is 6.04. The summed E-state index contributed by atoms with van der Waals surface area (Å²) in [5.74, 6) is 0.742. The minimum absolute atomic E-state index is 0.145. The molecule has 2 aromatic rings. The van der Waals surface area contributed by atoms with Gasteiger partial charge in [0.15, 0.2) is 0 Å². The highest BCUT2D eigenvalue weighted by molar-refractivity contribution is 5.88. The third-order valence-corrected chi connectivity index (χ3v) is 4.46. The number of nitrogens with zero attached hydrogens (tertiary/aromatic N) is 2. The number of nitrogen functional groups attached to an aromatic ring is 1. The van der Waals surface area contributed by atoms with E-state index in [-0.39, 0.29) is 5.56 Å². The summed E-state index contributed by atoms with van der Waals surface area (Å²) < 4.78 is 0. The molecule has 5 heteroatoms. The maximum absolute atomic E-state index is 11.8. The molecule has 1 aliphatic carbocycles. The first-order valence-corrected chi connectivity index (χ1v) is 7.63. The standard InChI is InChI=1S/C16H22N4O/c1-20(9-11-5-3-2-4-6-11)15-8-14-12(7-13(15)17)16(21)19-10-18-14/h7-8,10-11H,2-6,9,17H2,1H3,(H,18,19,21). The molecule has 1 saturated carbocycles. The molecule has 1 aromatic heterocycles. The minimum Gasteiger partial charge on any atom is -0.397 e. The molecule has 0 atom stereocenters. The number of fused-ring (bicyclic) bond motifs is 1. The molecule has 1 aliphatic rings. The average Bonchev–Trinajstić information content (AvgIpc) is 2.48. The van der Waals surface area contributed by atoms with E-state index in [1.165, 1.54) is 38.4 Å². The molecule has 3 N–H and O–H groups in total. The lowest BCUT2D eigenvalue weighted by molar-refractivity contribution is 0.362. The zero-order valence-corrected chi connectivity index (χ0v) is 12.4. The van der Waals surface area contributed by atoms with Crippen LogP contribution in [0, 0.1) is 5.92 Å². The number of anilines is 2. The van der Waals surface area contributed by atoms with E-state index in [0.717, 1.165) is 18.2 Å². The zero-order valence-electron chi connectivity index (χ0n) is 12.4. The fourth-order valence-corrected chi connectivity index (χ4v) is 3.31. The van der Waals surface area contributed by atoms with Crippen molar-refractivity contribution in [2.24, 2.45) is 5.92 Å². The van der Waals surface area contributed by atoms with E-state index >= 15 is 0 Å². The van der Waals surface area contributed by atoms with Crippen LogP contribution in [0.5, 0.6) is 0 Å². The van der Waals surface area contributed by atoms with Crippen LogP contribution < -0.4 is 16.2 Å². The topological polar surface area (TPSA) is 75.0 Å². The first-order valence-electron chi connectivity index (χ1n) is 7.63. The van der Waals surface area contributed by atoms with Crippen LogP contribution in [0.2, 0.25) is 0 Å². The molecule has 5 nitrogen and oxygen atoms in total. The predicted molar refractivity (Wildman–Crippen MR) is 86.6 cm³/mol. The van der Waals surface area contributed by atoms with Gasteiger partial charge in [0.05, 0.1) is 28.6 Å². The van der Waals surface area contributed by atoms with E-state index < -0.39 is 0 Å². The van der Waals surface area contributed by atoms with Crippen molar-refractivity contribution in [1.29, 1.82) is 0 Å². The highest BCUT2D eigenvalue weighted by atomic mass is 16.1. The smallest absolute Gasteiger partial charge is 0.258 e. The Hall–Kier alpha value is -2.04. The number of hydrogen-bond acceptors (Lipinski definition) is 4. The first-order chi connectivity index (χ1) is 10.1. The minimum atomic E-state index is -0.145. The molecule has 1 aromatic carbocycles. The van der Waals surface area contributed by atoms with Crippen molar-refractivity contribution < 1.29 is 0 Å². The third kappa shape index (κ3) is 2.86. The summed E-state index contributed by atoms with van der Waals surface area (Å²) in [4.78, 5) is 20.8. The summed E-state index contributed by atoms with van der Waals surface area (Å²) in [6.07, 6.45) is 8.08. The Bertz CT molecular complexity index is 688. The molecule has 0 spiro atoms. The summed E-state index contributed by atoms with van der Waals surface area (Å²) in [5, 5.41) is 0.546. The summed E-state index contributed by atoms with van der Waals surface area (Å²) in [7, 11) is 2.07. The average molecular weight is 286 g/mol. The van der Waals surface area contributed by atoms with Crippen LogP contribution in [0.15, 0.2) is 23.3 Å². The van der Waals surface area contributed by atoms with E-state index in [4.69, 9.17) is 5.73 Å². The van der Waals surface area contributed by atoms with Gasteiger partial charge in [-0.15, -0.1) is 0 Å². The van der Waals surface area contributed by atoms with Gasteiger partial charge in [-0.3, -0.25) is 4.79 Å². The molecule has 0 bridgehead atoms. The molecule has 1 heterocycles. The summed E-state index contributed by atoms with van der Waals surface area (Å²) in [5.41, 5.74) is 8.29. The Morgan fingerprint density at radius 2 is 2.10 bits per heavy atom. The summed E-state index contributed by atoms with van der Waals surface area (Å²) >= 11 is 0. The van der Waals surface area contributed by atoms with Gasteiger partial charge < -0.3 is 15.6 Å². The molecule has 0 aliphatic heterocycles. The van der Waals surface area contributed by atoms with Gasteiger partial charge in [-0.1, -0.05) is 19.3 Å². The van der Waals surface area contributed by atoms with E-state index in [0.29, 0.717) is 16.6 Å². The van der Waals surface area contributed by atoms with Crippen LogP contribution in [0.25, 0.3) is 10.9 Å². The van der Waals surface area contributed by atoms with Crippen LogP contribution in [-0.4, -0.2) is 23.6 Å².